The van der Waals surface area contributed by atoms with E-state index in [0.717, 1.165) is 32.1 Å². The van der Waals surface area contributed by atoms with E-state index in [1.807, 2.05) is 23.5 Å². The third-order valence-electron chi connectivity index (χ3n) is 4.87. The second-order valence-corrected chi connectivity index (χ2v) is 9.23. The van der Waals surface area contributed by atoms with Crippen LogP contribution in [0.4, 0.5) is 11.4 Å². The van der Waals surface area contributed by atoms with Crippen LogP contribution in [0.3, 0.4) is 0 Å². The summed E-state index contributed by atoms with van der Waals surface area (Å²) in [4.78, 5) is 8.38. The smallest absolute Gasteiger partial charge is 0.0846 e. The summed E-state index contributed by atoms with van der Waals surface area (Å²) in [6.07, 6.45) is -0.408. The monoisotopic (exact) mass is 402 g/mol. The Hall–Kier alpha value is -1.18. The van der Waals surface area contributed by atoms with Gasteiger partial charge in [-0.25, -0.2) is 0 Å². The maximum atomic E-state index is 10.8. The van der Waals surface area contributed by atoms with Gasteiger partial charge >= 0.3 is 0 Å². The van der Waals surface area contributed by atoms with Crippen molar-refractivity contribution < 1.29 is 9.84 Å². The summed E-state index contributed by atoms with van der Waals surface area (Å²) in [6.45, 7) is 6.79. The molecule has 1 fully saturated rings. The van der Waals surface area contributed by atoms with Crippen molar-refractivity contribution in [2.75, 3.05) is 50.0 Å². The number of hydrogen-bond acceptors (Lipinski definition) is 6. The fourth-order valence-electron chi connectivity index (χ4n) is 3.61. The second kappa shape index (κ2) is 8.88. The minimum Gasteiger partial charge on any atom is -0.390 e. The lowest BCUT2D eigenvalue weighted by Crippen LogP contribution is -2.44. The molecular formula is C21H26N2O2S2. The highest BCUT2D eigenvalue weighted by molar-refractivity contribution is 8.00. The Kier molecular flexibility index (Phi) is 6.30. The van der Waals surface area contributed by atoms with Crippen LogP contribution in [-0.4, -0.2) is 61.3 Å². The zero-order chi connectivity index (χ0) is 18.6. The molecule has 0 bridgehead atoms. The number of hydrogen-bond donors (Lipinski definition) is 1. The average Bonchev–Trinajstić information content (AvgIpc) is 2.69. The maximum absolute atomic E-state index is 10.8. The van der Waals surface area contributed by atoms with Crippen LogP contribution in [0.5, 0.6) is 0 Å². The van der Waals surface area contributed by atoms with Gasteiger partial charge in [0.2, 0.25) is 0 Å². The van der Waals surface area contributed by atoms with Crippen LogP contribution < -0.4 is 4.90 Å². The van der Waals surface area contributed by atoms with Crippen molar-refractivity contribution >= 4 is 34.9 Å². The number of aliphatic hydroxyl groups excluding tert-OH is 1. The van der Waals surface area contributed by atoms with Gasteiger partial charge in [-0.05, 0) is 36.1 Å². The second-order valence-electron chi connectivity index (χ2n) is 6.81. The van der Waals surface area contributed by atoms with E-state index in [1.165, 1.54) is 26.1 Å². The Morgan fingerprint density at radius 1 is 1.07 bits per heavy atom. The van der Waals surface area contributed by atoms with Crippen LogP contribution in [0.1, 0.15) is 6.92 Å². The van der Waals surface area contributed by atoms with Crippen molar-refractivity contribution in [3.63, 3.8) is 0 Å². The van der Waals surface area contributed by atoms with Gasteiger partial charge in [0, 0.05) is 34.3 Å². The van der Waals surface area contributed by atoms with Gasteiger partial charge in [0.25, 0.3) is 0 Å². The van der Waals surface area contributed by atoms with Gasteiger partial charge in [-0.1, -0.05) is 30.8 Å². The molecule has 0 amide bonds. The van der Waals surface area contributed by atoms with Gasteiger partial charge < -0.3 is 14.7 Å². The number of morpholine rings is 1. The molecule has 1 N–H and O–H groups in total. The number of aliphatic hydroxyl groups is 1. The summed E-state index contributed by atoms with van der Waals surface area (Å²) < 4.78 is 5.42. The van der Waals surface area contributed by atoms with Crippen molar-refractivity contribution in [3.8, 4) is 0 Å². The Morgan fingerprint density at radius 3 is 2.67 bits per heavy atom. The van der Waals surface area contributed by atoms with Crippen molar-refractivity contribution in [2.24, 2.45) is 0 Å². The standard InChI is InChI=1S/C21H26N2O2S2/c1-2-26-17-7-8-21-19(13-17)23(18-5-3-4-6-20(18)27-21)15-16(24)14-22-9-11-25-12-10-22/h3-8,13,16,24H,2,9-12,14-15H2,1H3. The number of anilines is 2. The summed E-state index contributed by atoms with van der Waals surface area (Å²) in [5.41, 5.74) is 2.40. The van der Waals surface area contributed by atoms with E-state index in [0.29, 0.717) is 13.1 Å². The van der Waals surface area contributed by atoms with Crippen LogP contribution in [0.15, 0.2) is 57.2 Å². The van der Waals surface area contributed by atoms with Crippen molar-refractivity contribution in [1.29, 1.82) is 0 Å². The van der Waals surface area contributed by atoms with Crippen LogP contribution in [-0.2, 0) is 4.74 Å². The van der Waals surface area contributed by atoms with E-state index < -0.39 is 6.10 Å². The molecule has 144 valence electrons. The lowest BCUT2D eigenvalue weighted by Gasteiger charge is -2.36. The molecule has 0 spiro atoms. The minimum atomic E-state index is -0.408. The van der Waals surface area contributed by atoms with Gasteiger partial charge in [-0.15, -0.1) is 11.8 Å². The zero-order valence-corrected chi connectivity index (χ0v) is 17.3. The molecule has 2 heterocycles. The summed E-state index contributed by atoms with van der Waals surface area (Å²) in [7, 11) is 0. The van der Waals surface area contributed by atoms with E-state index >= 15 is 0 Å². The molecular weight excluding hydrogens is 376 g/mol. The minimum absolute atomic E-state index is 0.408. The lowest BCUT2D eigenvalue weighted by molar-refractivity contribution is 0.0164. The summed E-state index contributed by atoms with van der Waals surface area (Å²) >= 11 is 3.67. The van der Waals surface area contributed by atoms with E-state index in [9.17, 15) is 5.11 Å². The molecule has 2 aliphatic rings. The van der Waals surface area contributed by atoms with Crippen LogP contribution in [0.2, 0.25) is 0 Å². The highest BCUT2D eigenvalue weighted by Crippen LogP contribution is 2.49. The molecule has 6 heteroatoms. The molecule has 0 aliphatic carbocycles. The quantitative estimate of drug-likeness (QED) is 0.733. The highest BCUT2D eigenvalue weighted by Gasteiger charge is 2.26. The molecule has 27 heavy (non-hydrogen) atoms. The maximum Gasteiger partial charge on any atom is 0.0846 e. The SMILES string of the molecule is CCSc1ccc2c(c1)N(CC(O)CN1CCOCC1)c1ccccc1S2. The molecule has 2 aromatic carbocycles. The predicted octanol–water partition coefficient (Wildman–Crippen LogP) is 4.09. The first kappa shape index (κ1) is 19.2. The van der Waals surface area contributed by atoms with Gasteiger partial charge in [-0.3, -0.25) is 4.90 Å². The first-order valence-corrected chi connectivity index (χ1v) is 11.3. The molecule has 4 rings (SSSR count). The Bertz CT molecular complexity index is 781. The number of thioether (sulfide) groups is 1. The molecule has 1 saturated heterocycles. The summed E-state index contributed by atoms with van der Waals surface area (Å²) in [6, 6.07) is 15.2. The lowest BCUT2D eigenvalue weighted by atomic mass is 10.2. The summed E-state index contributed by atoms with van der Waals surface area (Å²) in [5.74, 6) is 1.06. The molecule has 4 nitrogen and oxygen atoms in total. The Morgan fingerprint density at radius 2 is 1.85 bits per heavy atom. The molecule has 1 unspecified atom stereocenters. The number of benzene rings is 2. The van der Waals surface area contributed by atoms with Crippen LogP contribution >= 0.6 is 23.5 Å². The van der Waals surface area contributed by atoms with E-state index in [1.54, 1.807) is 0 Å². The third kappa shape index (κ3) is 4.46. The van der Waals surface area contributed by atoms with Crippen LogP contribution in [0.25, 0.3) is 0 Å². The van der Waals surface area contributed by atoms with Crippen LogP contribution in [0, 0.1) is 0 Å². The van der Waals surface area contributed by atoms with Crippen molar-refractivity contribution in [1.82, 2.24) is 4.90 Å². The van der Waals surface area contributed by atoms with Gasteiger partial charge in [-0.2, -0.15) is 0 Å². The molecule has 0 saturated carbocycles. The van der Waals surface area contributed by atoms with E-state index in [2.05, 4.69) is 59.2 Å². The molecule has 2 aliphatic heterocycles. The Labute approximate surface area is 169 Å². The number of fused-ring (bicyclic) bond motifs is 2. The topological polar surface area (TPSA) is 35.9 Å². The fraction of sp³-hybridized carbons (Fsp3) is 0.429. The molecule has 1 atom stereocenters. The average molecular weight is 403 g/mol. The number of β-amino-alcohol motifs (C(OH)–C–C–N with tert-alkyl or cyclic N) is 1. The number of para-hydroxylation sites is 1. The number of nitrogens with zero attached hydrogens (tertiary/aromatic N) is 2. The number of ether oxygens (including phenoxy) is 1. The first-order valence-electron chi connectivity index (χ1n) is 9.54. The largest absolute Gasteiger partial charge is 0.390 e. The van der Waals surface area contributed by atoms with Crippen molar-refractivity contribution in [3.05, 3.63) is 42.5 Å². The molecule has 0 aromatic heterocycles. The molecule has 2 aromatic rings. The fourth-order valence-corrected chi connectivity index (χ4v) is 5.38. The van der Waals surface area contributed by atoms with Gasteiger partial charge in [0.15, 0.2) is 0 Å². The molecule has 0 radical (unpaired) electrons. The first-order chi connectivity index (χ1) is 13.2. The van der Waals surface area contributed by atoms with E-state index in [4.69, 9.17) is 4.74 Å². The van der Waals surface area contributed by atoms with Gasteiger partial charge in [0.1, 0.15) is 0 Å². The Balaban J connectivity index is 1.59. The zero-order valence-electron chi connectivity index (χ0n) is 15.6. The van der Waals surface area contributed by atoms with Gasteiger partial charge in [0.05, 0.1) is 37.2 Å². The predicted molar refractivity (Wildman–Crippen MR) is 114 cm³/mol. The van der Waals surface area contributed by atoms with Crippen molar-refractivity contribution in [2.45, 2.75) is 27.7 Å². The highest BCUT2D eigenvalue weighted by atomic mass is 32.2. The number of rotatable bonds is 6. The van der Waals surface area contributed by atoms with E-state index in [-0.39, 0.29) is 0 Å². The summed E-state index contributed by atoms with van der Waals surface area (Å²) in [5, 5.41) is 10.8. The normalized spacial score (nSPS) is 18.1. The third-order valence-corrected chi connectivity index (χ3v) is 6.88.